The van der Waals surface area contributed by atoms with Crippen molar-refractivity contribution < 1.29 is 4.79 Å². The van der Waals surface area contributed by atoms with Gasteiger partial charge in [-0.15, -0.1) is 11.3 Å². The van der Waals surface area contributed by atoms with E-state index in [9.17, 15) is 4.79 Å². The zero-order valence-electron chi connectivity index (χ0n) is 11.1. The lowest BCUT2D eigenvalue weighted by Crippen LogP contribution is -2.09. The van der Waals surface area contributed by atoms with E-state index in [1.807, 2.05) is 25.2 Å². The minimum Gasteiger partial charge on any atom is -0.294 e. The Labute approximate surface area is 108 Å². The summed E-state index contributed by atoms with van der Waals surface area (Å²) >= 11 is 1.82. The summed E-state index contributed by atoms with van der Waals surface area (Å²) in [5, 5.41) is 2.11. The van der Waals surface area contributed by atoms with Gasteiger partial charge in [0.05, 0.1) is 0 Å². The second kappa shape index (κ2) is 5.34. The molecule has 1 nitrogen and oxygen atoms in total. The standard InChI is InChI=1S/C15H22OS/c1-4-12-13(14(16)10(2)3)9-17-15(12)11-7-5-6-8-11/h9-11H,4-8H2,1-3H3. The van der Waals surface area contributed by atoms with Crippen molar-refractivity contribution in [1.82, 2.24) is 0 Å². The Kier molecular flexibility index (Phi) is 4.03. The van der Waals surface area contributed by atoms with Gasteiger partial charge in [-0.1, -0.05) is 33.6 Å². The molecular weight excluding hydrogens is 228 g/mol. The van der Waals surface area contributed by atoms with Crippen molar-refractivity contribution in [2.24, 2.45) is 5.92 Å². The van der Waals surface area contributed by atoms with Gasteiger partial charge in [-0.2, -0.15) is 0 Å². The predicted molar refractivity (Wildman–Crippen MR) is 74.1 cm³/mol. The topological polar surface area (TPSA) is 17.1 Å². The third kappa shape index (κ3) is 2.47. The molecule has 1 aliphatic rings. The highest BCUT2D eigenvalue weighted by Gasteiger charge is 2.25. The average molecular weight is 250 g/mol. The number of thiophene rings is 1. The summed E-state index contributed by atoms with van der Waals surface area (Å²) in [4.78, 5) is 13.7. The minimum atomic E-state index is 0.117. The number of Topliss-reactive ketones (excluding diaryl/α,β-unsaturated/α-hetero) is 1. The van der Waals surface area contributed by atoms with Crippen molar-refractivity contribution >= 4 is 17.1 Å². The highest BCUT2D eigenvalue weighted by atomic mass is 32.1. The first-order valence-electron chi connectivity index (χ1n) is 6.79. The van der Waals surface area contributed by atoms with Crippen LogP contribution in [0.25, 0.3) is 0 Å². The van der Waals surface area contributed by atoms with Gasteiger partial charge >= 0.3 is 0 Å². The summed E-state index contributed by atoms with van der Waals surface area (Å²) in [6, 6.07) is 0. The molecule has 0 spiro atoms. The van der Waals surface area contributed by atoms with Crippen LogP contribution in [0.15, 0.2) is 5.38 Å². The number of hydrogen-bond donors (Lipinski definition) is 0. The van der Waals surface area contributed by atoms with E-state index in [0.717, 1.165) is 17.9 Å². The molecule has 0 amide bonds. The van der Waals surface area contributed by atoms with E-state index in [4.69, 9.17) is 0 Å². The number of carbonyl (C=O) groups is 1. The van der Waals surface area contributed by atoms with Crippen molar-refractivity contribution in [1.29, 1.82) is 0 Å². The SMILES string of the molecule is CCc1c(C(=O)C(C)C)csc1C1CCCC1. The molecule has 1 aliphatic carbocycles. The average Bonchev–Trinajstić information content (AvgIpc) is 2.95. The molecule has 2 rings (SSSR count). The first kappa shape index (κ1) is 12.8. The van der Waals surface area contributed by atoms with Crippen LogP contribution in [0.2, 0.25) is 0 Å². The first-order chi connectivity index (χ1) is 8.15. The van der Waals surface area contributed by atoms with Crippen LogP contribution >= 0.6 is 11.3 Å². The Morgan fingerprint density at radius 2 is 2.06 bits per heavy atom. The summed E-state index contributed by atoms with van der Waals surface area (Å²) in [5.41, 5.74) is 2.36. The Hall–Kier alpha value is -0.630. The van der Waals surface area contributed by atoms with E-state index in [2.05, 4.69) is 12.3 Å². The van der Waals surface area contributed by atoms with E-state index < -0.39 is 0 Å². The molecule has 0 aliphatic heterocycles. The van der Waals surface area contributed by atoms with Crippen molar-refractivity contribution in [3.63, 3.8) is 0 Å². The third-order valence-corrected chi connectivity index (χ3v) is 4.98. The Morgan fingerprint density at radius 3 is 2.59 bits per heavy atom. The zero-order chi connectivity index (χ0) is 12.4. The molecule has 0 unspecified atom stereocenters. The monoisotopic (exact) mass is 250 g/mol. The van der Waals surface area contributed by atoms with E-state index >= 15 is 0 Å². The molecule has 0 saturated heterocycles. The normalized spacial score (nSPS) is 16.9. The number of hydrogen-bond acceptors (Lipinski definition) is 2. The van der Waals surface area contributed by atoms with Crippen LogP contribution in [-0.4, -0.2) is 5.78 Å². The van der Waals surface area contributed by atoms with Gasteiger partial charge in [-0.05, 0) is 30.7 Å². The number of rotatable bonds is 4. The first-order valence-corrected chi connectivity index (χ1v) is 7.67. The van der Waals surface area contributed by atoms with Gasteiger partial charge in [0.25, 0.3) is 0 Å². The third-order valence-electron chi connectivity index (χ3n) is 3.80. The van der Waals surface area contributed by atoms with Crippen molar-refractivity contribution in [2.75, 3.05) is 0 Å². The van der Waals surface area contributed by atoms with Gasteiger partial charge in [0, 0.05) is 21.7 Å². The number of ketones is 1. The second-order valence-electron chi connectivity index (χ2n) is 5.35. The van der Waals surface area contributed by atoms with Crippen LogP contribution in [0.4, 0.5) is 0 Å². The fourth-order valence-corrected chi connectivity index (χ4v) is 4.14. The molecule has 0 atom stereocenters. The van der Waals surface area contributed by atoms with E-state index in [1.54, 1.807) is 0 Å². The lowest BCUT2D eigenvalue weighted by Gasteiger charge is -2.11. The summed E-state index contributed by atoms with van der Waals surface area (Å²) in [7, 11) is 0. The zero-order valence-corrected chi connectivity index (χ0v) is 11.9. The smallest absolute Gasteiger partial charge is 0.166 e. The van der Waals surface area contributed by atoms with Crippen molar-refractivity contribution in [2.45, 2.75) is 58.8 Å². The molecule has 17 heavy (non-hydrogen) atoms. The largest absolute Gasteiger partial charge is 0.294 e. The second-order valence-corrected chi connectivity index (χ2v) is 6.26. The van der Waals surface area contributed by atoms with Gasteiger partial charge < -0.3 is 0 Å². The maximum atomic E-state index is 12.2. The molecule has 0 N–H and O–H groups in total. The quantitative estimate of drug-likeness (QED) is 0.701. The molecule has 0 aromatic carbocycles. The van der Waals surface area contributed by atoms with E-state index in [-0.39, 0.29) is 5.92 Å². The van der Waals surface area contributed by atoms with Crippen LogP contribution < -0.4 is 0 Å². The molecule has 0 bridgehead atoms. The highest BCUT2D eigenvalue weighted by molar-refractivity contribution is 7.10. The molecule has 2 heteroatoms. The predicted octanol–water partition coefficient (Wildman–Crippen LogP) is 4.81. The van der Waals surface area contributed by atoms with Crippen molar-refractivity contribution in [3.05, 3.63) is 21.4 Å². The van der Waals surface area contributed by atoms with Crippen LogP contribution in [0.3, 0.4) is 0 Å². The highest BCUT2D eigenvalue weighted by Crippen LogP contribution is 2.40. The fourth-order valence-electron chi connectivity index (χ4n) is 2.81. The van der Waals surface area contributed by atoms with Gasteiger partial charge in [0.2, 0.25) is 0 Å². The minimum absolute atomic E-state index is 0.117. The van der Waals surface area contributed by atoms with Crippen LogP contribution in [-0.2, 0) is 6.42 Å². The maximum Gasteiger partial charge on any atom is 0.166 e. The van der Waals surface area contributed by atoms with Crippen LogP contribution in [0.1, 0.15) is 73.2 Å². The fraction of sp³-hybridized carbons (Fsp3) is 0.667. The summed E-state index contributed by atoms with van der Waals surface area (Å²) in [6.07, 6.45) is 6.37. The van der Waals surface area contributed by atoms with Crippen LogP contribution in [0, 0.1) is 5.92 Å². The van der Waals surface area contributed by atoms with Gasteiger partial charge in [0.15, 0.2) is 5.78 Å². The van der Waals surface area contributed by atoms with Gasteiger partial charge in [-0.3, -0.25) is 4.79 Å². The molecule has 1 saturated carbocycles. The number of carbonyl (C=O) groups excluding carboxylic acids is 1. The molecule has 1 aromatic rings. The molecule has 94 valence electrons. The Morgan fingerprint density at radius 1 is 1.41 bits per heavy atom. The summed E-state index contributed by atoms with van der Waals surface area (Å²) in [5.74, 6) is 1.18. The maximum absolute atomic E-state index is 12.2. The van der Waals surface area contributed by atoms with Crippen LogP contribution in [0.5, 0.6) is 0 Å². The van der Waals surface area contributed by atoms with Gasteiger partial charge in [-0.25, -0.2) is 0 Å². The Balaban J connectivity index is 2.32. The molecule has 1 heterocycles. The lowest BCUT2D eigenvalue weighted by atomic mass is 9.93. The molecular formula is C15H22OS. The summed E-state index contributed by atoms with van der Waals surface area (Å²) in [6.45, 7) is 6.17. The van der Waals surface area contributed by atoms with E-state index in [0.29, 0.717) is 5.78 Å². The molecule has 1 aromatic heterocycles. The molecule has 1 fully saturated rings. The van der Waals surface area contributed by atoms with E-state index in [1.165, 1.54) is 36.1 Å². The Bertz CT molecular complexity index is 397. The van der Waals surface area contributed by atoms with Gasteiger partial charge in [0.1, 0.15) is 0 Å². The molecule has 0 radical (unpaired) electrons. The lowest BCUT2D eigenvalue weighted by molar-refractivity contribution is 0.0939. The summed E-state index contributed by atoms with van der Waals surface area (Å²) < 4.78 is 0. The van der Waals surface area contributed by atoms with Crippen molar-refractivity contribution in [3.8, 4) is 0 Å².